The highest BCUT2D eigenvalue weighted by Crippen LogP contribution is 2.34. The van der Waals surface area contributed by atoms with Gasteiger partial charge in [-0.3, -0.25) is 0 Å². The van der Waals surface area contributed by atoms with Crippen LogP contribution >= 0.6 is 38.9 Å². The van der Waals surface area contributed by atoms with Gasteiger partial charge in [-0.25, -0.2) is 14.2 Å². The number of halogens is 3. The molecule has 1 aromatic carbocycles. The fourth-order valence-electron chi connectivity index (χ4n) is 1.30. The first-order valence-corrected chi connectivity index (χ1v) is 6.71. The second kappa shape index (κ2) is 5.34. The number of ether oxygens (including phenoxy) is 1. The molecule has 2 aromatic rings. The minimum atomic E-state index is -0.584. The predicted octanol–water partition coefficient (Wildman–Crippen LogP) is 4.15. The summed E-state index contributed by atoms with van der Waals surface area (Å²) in [6.45, 7) is 0. The highest BCUT2D eigenvalue weighted by Gasteiger charge is 2.19. The Morgan fingerprint density at radius 2 is 2.28 bits per heavy atom. The van der Waals surface area contributed by atoms with E-state index in [4.69, 9.17) is 11.6 Å². The maximum absolute atomic E-state index is 13.7. The molecule has 0 saturated carbocycles. The number of hydrogen-bond acceptors (Lipinski definition) is 4. The van der Waals surface area contributed by atoms with E-state index in [1.807, 2.05) is 0 Å². The number of rotatable bonds is 2. The SMILES string of the molecule is COC(=O)c1sc(-c2cc(Br)ccc2F)nc1Cl. The van der Waals surface area contributed by atoms with Crippen molar-refractivity contribution in [2.24, 2.45) is 0 Å². The number of benzene rings is 1. The van der Waals surface area contributed by atoms with Crippen LogP contribution in [0.3, 0.4) is 0 Å². The van der Waals surface area contributed by atoms with E-state index in [0.717, 1.165) is 11.3 Å². The van der Waals surface area contributed by atoms with Crippen LogP contribution in [-0.2, 0) is 4.74 Å². The molecule has 1 heterocycles. The Balaban J connectivity index is 2.52. The molecule has 94 valence electrons. The third-order valence-electron chi connectivity index (χ3n) is 2.12. The molecule has 3 nitrogen and oxygen atoms in total. The number of thiazole rings is 1. The molecule has 0 atom stereocenters. The highest BCUT2D eigenvalue weighted by molar-refractivity contribution is 9.10. The van der Waals surface area contributed by atoms with Gasteiger partial charge in [0.05, 0.1) is 7.11 Å². The third-order valence-corrected chi connectivity index (χ3v) is 4.06. The number of carbonyl (C=O) groups is 1. The molecule has 0 fully saturated rings. The van der Waals surface area contributed by atoms with Crippen molar-refractivity contribution in [3.63, 3.8) is 0 Å². The molecule has 0 aliphatic carbocycles. The van der Waals surface area contributed by atoms with Gasteiger partial charge in [0, 0.05) is 10.0 Å². The van der Waals surface area contributed by atoms with Gasteiger partial charge in [0.1, 0.15) is 10.8 Å². The number of hydrogen-bond donors (Lipinski definition) is 0. The number of carbonyl (C=O) groups excluding carboxylic acids is 1. The summed E-state index contributed by atoms with van der Waals surface area (Å²) in [4.78, 5) is 15.5. The molecule has 2 rings (SSSR count). The van der Waals surface area contributed by atoms with Gasteiger partial charge in [0.15, 0.2) is 10.0 Å². The molecule has 0 N–H and O–H groups in total. The molecule has 0 aliphatic rings. The highest BCUT2D eigenvalue weighted by atomic mass is 79.9. The molecule has 0 unspecified atom stereocenters. The number of esters is 1. The van der Waals surface area contributed by atoms with Gasteiger partial charge in [0.25, 0.3) is 0 Å². The van der Waals surface area contributed by atoms with Crippen LogP contribution in [0.4, 0.5) is 4.39 Å². The Morgan fingerprint density at radius 1 is 1.56 bits per heavy atom. The average Bonchev–Trinajstić information content (AvgIpc) is 2.73. The fraction of sp³-hybridized carbons (Fsp3) is 0.0909. The molecule has 7 heteroatoms. The Kier molecular flexibility index (Phi) is 3.99. The lowest BCUT2D eigenvalue weighted by Gasteiger charge is -1.99. The van der Waals surface area contributed by atoms with Crippen LogP contribution in [0.2, 0.25) is 5.15 Å². The second-order valence-corrected chi connectivity index (χ2v) is 5.53. The monoisotopic (exact) mass is 349 g/mol. The largest absolute Gasteiger partial charge is 0.465 e. The van der Waals surface area contributed by atoms with Gasteiger partial charge < -0.3 is 4.74 Å². The van der Waals surface area contributed by atoms with Crippen molar-refractivity contribution in [2.45, 2.75) is 0 Å². The van der Waals surface area contributed by atoms with Gasteiger partial charge in [-0.1, -0.05) is 27.5 Å². The first kappa shape index (κ1) is 13.5. The maximum Gasteiger partial charge on any atom is 0.351 e. The molecule has 0 spiro atoms. The zero-order valence-electron chi connectivity index (χ0n) is 9.04. The lowest BCUT2D eigenvalue weighted by molar-refractivity contribution is 0.0606. The Bertz CT molecular complexity index is 617. The molecule has 0 aliphatic heterocycles. The summed E-state index contributed by atoms with van der Waals surface area (Å²) in [5.74, 6) is -1.01. The lowest BCUT2D eigenvalue weighted by Crippen LogP contribution is -1.98. The fourth-order valence-corrected chi connectivity index (χ4v) is 2.88. The summed E-state index contributed by atoms with van der Waals surface area (Å²) in [5.41, 5.74) is 0.284. The van der Waals surface area contributed by atoms with Crippen LogP contribution in [0, 0.1) is 5.82 Å². The Hall–Kier alpha value is -0.980. The number of nitrogens with zero attached hydrogens (tertiary/aromatic N) is 1. The van der Waals surface area contributed by atoms with E-state index in [2.05, 4.69) is 25.7 Å². The molecule has 1 aromatic heterocycles. The van der Waals surface area contributed by atoms with Crippen LogP contribution in [0.15, 0.2) is 22.7 Å². The maximum atomic E-state index is 13.7. The van der Waals surface area contributed by atoms with Gasteiger partial charge in [-0.15, -0.1) is 11.3 Å². The van der Waals surface area contributed by atoms with Crippen LogP contribution in [0.25, 0.3) is 10.6 Å². The lowest BCUT2D eigenvalue weighted by atomic mass is 10.2. The van der Waals surface area contributed by atoms with E-state index in [0.29, 0.717) is 9.48 Å². The number of aromatic nitrogens is 1. The molecule has 0 amide bonds. The van der Waals surface area contributed by atoms with E-state index in [-0.39, 0.29) is 15.6 Å². The van der Waals surface area contributed by atoms with Crippen molar-refractivity contribution in [1.82, 2.24) is 4.98 Å². The van der Waals surface area contributed by atoms with Crippen molar-refractivity contribution in [3.05, 3.63) is 38.5 Å². The van der Waals surface area contributed by atoms with Crippen LogP contribution in [-0.4, -0.2) is 18.1 Å². The Morgan fingerprint density at radius 3 is 2.94 bits per heavy atom. The van der Waals surface area contributed by atoms with Crippen molar-refractivity contribution >= 4 is 44.8 Å². The van der Waals surface area contributed by atoms with Crippen molar-refractivity contribution in [3.8, 4) is 10.6 Å². The zero-order valence-corrected chi connectivity index (χ0v) is 12.2. The van der Waals surface area contributed by atoms with Crippen molar-refractivity contribution in [2.75, 3.05) is 7.11 Å². The minimum absolute atomic E-state index is 0.0150. The van der Waals surface area contributed by atoms with E-state index in [1.54, 1.807) is 12.1 Å². The molecular weight excluding hydrogens is 345 g/mol. The summed E-state index contributed by atoms with van der Waals surface area (Å²) in [6.07, 6.45) is 0. The topological polar surface area (TPSA) is 39.2 Å². The Labute approximate surface area is 120 Å². The summed E-state index contributed by atoms with van der Waals surface area (Å²) in [5, 5.41) is 0.348. The molecular formula is C11H6BrClFNO2S. The minimum Gasteiger partial charge on any atom is -0.465 e. The van der Waals surface area contributed by atoms with E-state index in [1.165, 1.54) is 13.2 Å². The molecule has 18 heavy (non-hydrogen) atoms. The standard InChI is InChI=1S/C11H6BrClFNO2S/c1-17-11(16)8-9(13)15-10(18-8)6-4-5(12)2-3-7(6)14/h2-4H,1H3. The quantitative estimate of drug-likeness (QED) is 0.764. The third kappa shape index (κ3) is 2.55. The molecule has 0 radical (unpaired) electrons. The van der Waals surface area contributed by atoms with Crippen LogP contribution in [0.5, 0.6) is 0 Å². The smallest absolute Gasteiger partial charge is 0.351 e. The summed E-state index contributed by atoms with van der Waals surface area (Å²) < 4.78 is 18.9. The van der Waals surface area contributed by atoms with E-state index < -0.39 is 11.8 Å². The van der Waals surface area contributed by atoms with E-state index >= 15 is 0 Å². The van der Waals surface area contributed by atoms with Gasteiger partial charge in [-0.2, -0.15) is 0 Å². The van der Waals surface area contributed by atoms with E-state index in [9.17, 15) is 9.18 Å². The van der Waals surface area contributed by atoms with Gasteiger partial charge in [-0.05, 0) is 18.2 Å². The van der Waals surface area contributed by atoms with Crippen LogP contribution in [0.1, 0.15) is 9.67 Å². The van der Waals surface area contributed by atoms with Crippen molar-refractivity contribution < 1.29 is 13.9 Å². The first-order valence-electron chi connectivity index (χ1n) is 4.73. The summed E-state index contributed by atoms with van der Waals surface area (Å²) >= 11 is 10.1. The average molecular weight is 351 g/mol. The first-order chi connectivity index (χ1) is 8.52. The number of methoxy groups -OCH3 is 1. The van der Waals surface area contributed by atoms with Crippen LogP contribution < -0.4 is 0 Å². The molecule has 0 saturated heterocycles. The molecule has 0 bridgehead atoms. The van der Waals surface area contributed by atoms with Gasteiger partial charge >= 0.3 is 5.97 Å². The normalized spacial score (nSPS) is 10.4. The van der Waals surface area contributed by atoms with Crippen molar-refractivity contribution in [1.29, 1.82) is 0 Å². The van der Waals surface area contributed by atoms with Gasteiger partial charge in [0.2, 0.25) is 0 Å². The summed E-state index contributed by atoms with van der Waals surface area (Å²) in [6, 6.07) is 4.47. The zero-order chi connectivity index (χ0) is 13.3. The summed E-state index contributed by atoms with van der Waals surface area (Å²) in [7, 11) is 1.25. The second-order valence-electron chi connectivity index (χ2n) is 3.25. The predicted molar refractivity (Wildman–Crippen MR) is 71.6 cm³/mol.